The van der Waals surface area contributed by atoms with Gasteiger partial charge in [-0.25, -0.2) is 4.79 Å². The Bertz CT molecular complexity index is 564. The van der Waals surface area contributed by atoms with E-state index in [9.17, 15) is 4.79 Å². The molecule has 1 aromatic rings. The zero-order chi connectivity index (χ0) is 16.2. The van der Waals surface area contributed by atoms with Gasteiger partial charge in [-0.1, -0.05) is 48.9 Å². The molecular weight excluding hydrogens is 288 g/mol. The van der Waals surface area contributed by atoms with Gasteiger partial charge >= 0.3 is 6.09 Å². The molecule has 2 fully saturated rings. The van der Waals surface area contributed by atoms with Gasteiger partial charge in [-0.2, -0.15) is 0 Å². The molecule has 0 bridgehead atoms. The standard InChI is InChI=1S/C19H26N2O2/c1-2-15(8-13-6-4-3-5-7-13)17-11-18(17)20-12-14-9-16(10-14)21-19(22)23/h3-8,14,16-18,20-21H,2,9-12H2,1H3,(H,22,23)/b15-8+. The molecule has 0 aliphatic heterocycles. The van der Waals surface area contributed by atoms with Crippen molar-refractivity contribution in [2.75, 3.05) is 6.54 Å². The minimum absolute atomic E-state index is 0.165. The molecule has 4 heteroatoms. The van der Waals surface area contributed by atoms with Crippen LogP contribution in [-0.2, 0) is 0 Å². The van der Waals surface area contributed by atoms with Crippen molar-refractivity contribution in [3.63, 3.8) is 0 Å². The van der Waals surface area contributed by atoms with Gasteiger partial charge in [0, 0.05) is 12.1 Å². The minimum atomic E-state index is -0.901. The molecule has 124 valence electrons. The van der Waals surface area contributed by atoms with E-state index in [4.69, 9.17) is 5.11 Å². The summed E-state index contributed by atoms with van der Waals surface area (Å²) in [5.41, 5.74) is 2.82. The Morgan fingerprint density at radius 3 is 2.65 bits per heavy atom. The van der Waals surface area contributed by atoms with Crippen LogP contribution in [0.25, 0.3) is 6.08 Å². The van der Waals surface area contributed by atoms with E-state index in [1.54, 1.807) is 0 Å². The molecule has 0 radical (unpaired) electrons. The van der Waals surface area contributed by atoms with Gasteiger partial charge in [0.15, 0.2) is 0 Å². The zero-order valence-electron chi connectivity index (χ0n) is 13.7. The molecule has 2 atom stereocenters. The van der Waals surface area contributed by atoms with Crippen LogP contribution in [0.1, 0.15) is 38.2 Å². The number of carboxylic acid groups (broad SMARTS) is 1. The number of amides is 1. The monoisotopic (exact) mass is 314 g/mol. The number of rotatable bonds is 7. The maximum atomic E-state index is 10.6. The molecular formula is C19H26N2O2. The fourth-order valence-electron chi connectivity index (χ4n) is 3.58. The van der Waals surface area contributed by atoms with Gasteiger partial charge in [-0.3, -0.25) is 0 Å². The van der Waals surface area contributed by atoms with E-state index in [0.717, 1.165) is 25.8 Å². The first kappa shape index (κ1) is 16.1. The van der Waals surface area contributed by atoms with E-state index in [2.05, 4.69) is 54.0 Å². The van der Waals surface area contributed by atoms with Crippen molar-refractivity contribution in [1.29, 1.82) is 0 Å². The summed E-state index contributed by atoms with van der Waals surface area (Å²) in [6.07, 6.45) is 5.71. The van der Waals surface area contributed by atoms with Crippen molar-refractivity contribution in [2.24, 2.45) is 11.8 Å². The van der Waals surface area contributed by atoms with Crippen molar-refractivity contribution in [2.45, 2.75) is 44.7 Å². The third kappa shape index (κ3) is 4.35. The molecule has 0 aromatic heterocycles. The summed E-state index contributed by atoms with van der Waals surface area (Å²) < 4.78 is 0. The molecule has 0 saturated heterocycles. The Hall–Kier alpha value is -1.81. The van der Waals surface area contributed by atoms with E-state index >= 15 is 0 Å². The van der Waals surface area contributed by atoms with Gasteiger partial charge in [-0.05, 0) is 49.6 Å². The Morgan fingerprint density at radius 2 is 2.00 bits per heavy atom. The van der Waals surface area contributed by atoms with Crippen molar-refractivity contribution in [3.05, 3.63) is 41.5 Å². The lowest BCUT2D eigenvalue weighted by molar-refractivity contribution is 0.164. The third-order valence-electron chi connectivity index (χ3n) is 5.06. The number of nitrogens with one attached hydrogen (secondary N) is 2. The quantitative estimate of drug-likeness (QED) is 0.722. The maximum absolute atomic E-state index is 10.6. The van der Waals surface area contributed by atoms with Crippen LogP contribution < -0.4 is 10.6 Å². The summed E-state index contributed by atoms with van der Waals surface area (Å²) in [5, 5.41) is 14.9. The Labute approximate surface area is 138 Å². The van der Waals surface area contributed by atoms with Crippen LogP contribution in [-0.4, -0.2) is 29.8 Å². The van der Waals surface area contributed by atoms with Crippen molar-refractivity contribution in [3.8, 4) is 0 Å². The average molecular weight is 314 g/mol. The predicted molar refractivity (Wildman–Crippen MR) is 92.3 cm³/mol. The van der Waals surface area contributed by atoms with Crippen LogP contribution in [0.2, 0.25) is 0 Å². The lowest BCUT2D eigenvalue weighted by Crippen LogP contribution is -2.47. The van der Waals surface area contributed by atoms with Gasteiger partial charge in [0.25, 0.3) is 0 Å². The fraction of sp³-hybridized carbons (Fsp3) is 0.526. The molecule has 2 aliphatic rings. The normalized spacial score (nSPS) is 29.7. The fourth-order valence-corrected chi connectivity index (χ4v) is 3.58. The first-order valence-corrected chi connectivity index (χ1v) is 8.64. The van der Waals surface area contributed by atoms with Crippen LogP contribution in [0.15, 0.2) is 35.9 Å². The molecule has 1 amide bonds. The highest BCUT2D eigenvalue weighted by atomic mass is 16.4. The number of benzene rings is 1. The van der Waals surface area contributed by atoms with Crippen molar-refractivity contribution < 1.29 is 9.90 Å². The zero-order valence-corrected chi connectivity index (χ0v) is 13.7. The summed E-state index contributed by atoms with van der Waals surface area (Å²) in [6, 6.07) is 11.3. The van der Waals surface area contributed by atoms with Gasteiger partial charge in [0.1, 0.15) is 0 Å². The number of hydrogen-bond acceptors (Lipinski definition) is 2. The van der Waals surface area contributed by atoms with Gasteiger partial charge in [0.05, 0.1) is 0 Å². The van der Waals surface area contributed by atoms with E-state index in [0.29, 0.717) is 17.9 Å². The van der Waals surface area contributed by atoms with Crippen LogP contribution in [0.3, 0.4) is 0 Å². The first-order chi connectivity index (χ1) is 11.2. The van der Waals surface area contributed by atoms with E-state index in [1.165, 1.54) is 17.6 Å². The van der Waals surface area contributed by atoms with Crippen molar-refractivity contribution >= 4 is 12.2 Å². The second kappa shape index (κ2) is 7.18. The SMILES string of the molecule is CC/C(=C\c1ccccc1)C1CC1NCC1CC(NC(=O)O)C1. The molecule has 2 unspecified atom stereocenters. The molecule has 4 nitrogen and oxygen atoms in total. The molecule has 0 heterocycles. The summed E-state index contributed by atoms with van der Waals surface area (Å²) in [5.74, 6) is 1.30. The van der Waals surface area contributed by atoms with Crippen LogP contribution in [0.4, 0.5) is 4.79 Å². The van der Waals surface area contributed by atoms with Gasteiger partial charge < -0.3 is 15.7 Å². The van der Waals surface area contributed by atoms with Crippen LogP contribution >= 0.6 is 0 Å². The van der Waals surface area contributed by atoms with Crippen LogP contribution in [0, 0.1) is 11.8 Å². The number of carbonyl (C=O) groups is 1. The summed E-state index contributed by atoms with van der Waals surface area (Å²) in [6.45, 7) is 3.25. The van der Waals surface area contributed by atoms with Crippen molar-refractivity contribution in [1.82, 2.24) is 10.6 Å². The molecule has 2 saturated carbocycles. The Morgan fingerprint density at radius 1 is 1.26 bits per heavy atom. The smallest absolute Gasteiger partial charge is 0.404 e. The highest BCUT2D eigenvalue weighted by molar-refractivity contribution is 5.65. The summed E-state index contributed by atoms with van der Waals surface area (Å²) in [4.78, 5) is 10.6. The lowest BCUT2D eigenvalue weighted by atomic mass is 9.80. The largest absolute Gasteiger partial charge is 0.465 e. The molecule has 3 rings (SSSR count). The number of hydrogen-bond donors (Lipinski definition) is 3. The molecule has 3 N–H and O–H groups in total. The third-order valence-corrected chi connectivity index (χ3v) is 5.06. The highest BCUT2D eigenvalue weighted by Gasteiger charge is 2.40. The van der Waals surface area contributed by atoms with Crippen LogP contribution in [0.5, 0.6) is 0 Å². The summed E-state index contributed by atoms with van der Waals surface area (Å²) >= 11 is 0. The Balaban J connectivity index is 1.41. The topological polar surface area (TPSA) is 61.4 Å². The van der Waals surface area contributed by atoms with Gasteiger partial charge in [-0.15, -0.1) is 0 Å². The predicted octanol–water partition coefficient (Wildman–Crippen LogP) is 3.50. The minimum Gasteiger partial charge on any atom is -0.465 e. The van der Waals surface area contributed by atoms with E-state index in [-0.39, 0.29) is 6.04 Å². The highest BCUT2D eigenvalue weighted by Crippen LogP contribution is 2.40. The molecule has 1 aromatic carbocycles. The second-order valence-corrected chi connectivity index (χ2v) is 6.82. The second-order valence-electron chi connectivity index (χ2n) is 6.82. The maximum Gasteiger partial charge on any atom is 0.404 e. The Kier molecular flexibility index (Phi) is 5.01. The van der Waals surface area contributed by atoms with E-state index < -0.39 is 6.09 Å². The molecule has 2 aliphatic carbocycles. The first-order valence-electron chi connectivity index (χ1n) is 8.64. The summed E-state index contributed by atoms with van der Waals surface area (Å²) in [7, 11) is 0. The average Bonchev–Trinajstić information content (AvgIpc) is 3.27. The lowest BCUT2D eigenvalue weighted by Gasteiger charge is -2.35. The molecule has 23 heavy (non-hydrogen) atoms. The molecule has 0 spiro atoms. The van der Waals surface area contributed by atoms with Gasteiger partial charge in [0.2, 0.25) is 0 Å². The van der Waals surface area contributed by atoms with E-state index in [1.807, 2.05) is 0 Å².